The van der Waals surface area contributed by atoms with E-state index in [0.717, 1.165) is 30.1 Å². The van der Waals surface area contributed by atoms with E-state index in [1.165, 1.54) is 5.01 Å². The van der Waals surface area contributed by atoms with Crippen LogP contribution in [-0.2, 0) is 16.6 Å². The van der Waals surface area contributed by atoms with E-state index < -0.39 is 0 Å². The van der Waals surface area contributed by atoms with Crippen LogP contribution in [0.4, 0.5) is 0 Å². The third-order valence-corrected chi connectivity index (χ3v) is 7.65. The molecule has 0 saturated carbocycles. The van der Waals surface area contributed by atoms with E-state index in [1.807, 2.05) is 54.2 Å². The highest BCUT2D eigenvalue weighted by molar-refractivity contribution is 6.30. The summed E-state index contributed by atoms with van der Waals surface area (Å²) in [6.45, 7) is 3.89. The highest BCUT2D eigenvalue weighted by atomic mass is 35.5. The lowest BCUT2D eigenvalue weighted by molar-refractivity contribution is -0.133. The molecule has 3 aromatic rings. The number of methoxy groups -OCH3 is 1. The molecule has 5 rings (SSSR count). The van der Waals surface area contributed by atoms with Crippen molar-refractivity contribution in [1.82, 2.24) is 19.4 Å². The van der Waals surface area contributed by atoms with Gasteiger partial charge in [0.1, 0.15) is 12.3 Å². The number of aromatic nitrogens is 1. The summed E-state index contributed by atoms with van der Waals surface area (Å²) in [7, 11) is 3.54. The standard InChI is InChI=1S/C30H34ClN5O4/c1-33-13-3-4-27(33)26-20-28(22-5-9-24(31)10-6-22)36(32-26)29(37)21-35(15-14-34-16-18-40-19-17-34)30(38)23-7-11-25(39-2)12-8-23/h3-13,28H,14-21H2,1-2H3/t28-/m0/s1. The second-order valence-electron chi connectivity index (χ2n) is 9.97. The third-order valence-electron chi connectivity index (χ3n) is 7.40. The monoisotopic (exact) mass is 563 g/mol. The Morgan fingerprint density at radius 1 is 1.07 bits per heavy atom. The van der Waals surface area contributed by atoms with Gasteiger partial charge in [0.25, 0.3) is 11.8 Å². The van der Waals surface area contributed by atoms with Crippen LogP contribution in [0, 0.1) is 0 Å². The van der Waals surface area contributed by atoms with Crippen molar-refractivity contribution in [3.63, 3.8) is 0 Å². The number of hydrazone groups is 1. The molecule has 0 bridgehead atoms. The Hall–Kier alpha value is -3.66. The molecule has 0 N–H and O–H groups in total. The highest BCUT2D eigenvalue weighted by Gasteiger charge is 2.35. The molecule has 2 amide bonds. The van der Waals surface area contributed by atoms with E-state index in [0.29, 0.717) is 49.1 Å². The lowest BCUT2D eigenvalue weighted by atomic mass is 10.0. The molecule has 2 aliphatic rings. The van der Waals surface area contributed by atoms with E-state index in [9.17, 15) is 9.59 Å². The zero-order valence-corrected chi connectivity index (χ0v) is 23.6. The fourth-order valence-electron chi connectivity index (χ4n) is 5.09. The molecule has 2 aromatic carbocycles. The Kier molecular flexibility index (Phi) is 8.84. The van der Waals surface area contributed by atoms with E-state index in [2.05, 4.69) is 4.90 Å². The van der Waals surface area contributed by atoms with E-state index in [-0.39, 0.29) is 24.4 Å². The Labute approximate surface area is 239 Å². The second kappa shape index (κ2) is 12.7. The van der Waals surface area contributed by atoms with Crippen LogP contribution >= 0.6 is 11.6 Å². The lowest BCUT2D eigenvalue weighted by Gasteiger charge is -2.31. The van der Waals surface area contributed by atoms with Crippen molar-refractivity contribution >= 4 is 29.1 Å². The number of rotatable bonds is 9. The van der Waals surface area contributed by atoms with Crippen LogP contribution in [0.5, 0.6) is 5.75 Å². The number of ether oxygens (including phenoxy) is 2. The van der Waals surface area contributed by atoms with Crippen LogP contribution in [0.25, 0.3) is 0 Å². The van der Waals surface area contributed by atoms with Crippen molar-refractivity contribution in [3.05, 3.63) is 88.7 Å². The van der Waals surface area contributed by atoms with Gasteiger partial charge in [0.05, 0.1) is 37.8 Å². The minimum atomic E-state index is -0.299. The van der Waals surface area contributed by atoms with Crippen molar-refractivity contribution < 1.29 is 19.1 Å². The summed E-state index contributed by atoms with van der Waals surface area (Å²) in [4.78, 5) is 31.5. The summed E-state index contributed by atoms with van der Waals surface area (Å²) in [6, 6.07) is 18.1. The molecular formula is C30H34ClN5O4. The maximum Gasteiger partial charge on any atom is 0.262 e. The van der Waals surface area contributed by atoms with Gasteiger partial charge in [0.15, 0.2) is 0 Å². The largest absolute Gasteiger partial charge is 0.497 e. The molecule has 1 saturated heterocycles. The molecular weight excluding hydrogens is 530 g/mol. The summed E-state index contributed by atoms with van der Waals surface area (Å²) >= 11 is 6.15. The van der Waals surface area contributed by atoms with Crippen LogP contribution in [0.1, 0.15) is 34.1 Å². The maximum atomic E-state index is 13.9. The number of halogens is 1. The molecule has 0 spiro atoms. The van der Waals surface area contributed by atoms with Crippen LogP contribution in [0.15, 0.2) is 72.0 Å². The Morgan fingerprint density at radius 3 is 2.45 bits per heavy atom. The normalized spacial score (nSPS) is 17.5. The summed E-state index contributed by atoms with van der Waals surface area (Å²) in [6.07, 6.45) is 2.52. The second-order valence-corrected chi connectivity index (χ2v) is 10.4. The van der Waals surface area contributed by atoms with Crippen molar-refractivity contribution in [2.75, 3.05) is 53.0 Å². The van der Waals surface area contributed by atoms with Gasteiger partial charge < -0.3 is 18.9 Å². The van der Waals surface area contributed by atoms with Gasteiger partial charge in [-0.25, -0.2) is 5.01 Å². The van der Waals surface area contributed by atoms with E-state index in [1.54, 1.807) is 36.3 Å². The number of morpholine rings is 1. The van der Waals surface area contributed by atoms with Crippen LogP contribution in [-0.4, -0.2) is 89.9 Å². The first kappa shape index (κ1) is 27.9. The highest BCUT2D eigenvalue weighted by Crippen LogP contribution is 2.33. The quantitative estimate of drug-likeness (QED) is 0.395. The van der Waals surface area contributed by atoms with Gasteiger partial charge in [0.2, 0.25) is 0 Å². The summed E-state index contributed by atoms with van der Waals surface area (Å²) < 4.78 is 12.7. The number of carbonyl (C=O) groups excluding carboxylic acids is 2. The molecule has 0 aliphatic carbocycles. The van der Waals surface area contributed by atoms with Gasteiger partial charge in [-0.1, -0.05) is 23.7 Å². The first-order chi connectivity index (χ1) is 19.4. The lowest BCUT2D eigenvalue weighted by Crippen LogP contribution is -2.46. The van der Waals surface area contributed by atoms with Crippen LogP contribution in [0.2, 0.25) is 5.02 Å². The SMILES string of the molecule is COc1ccc(C(=O)N(CCN2CCOCC2)CC(=O)N2N=C(c3cccn3C)C[C@H]2c2ccc(Cl)cc2)cc1. The average molecular weight is 564 g/mol. The minimum Gasteiger partial charge on any atom is -0.497 e. The Balaban J connectivity index is 1.40. The number of amides is 2. The summed E-state index contributed by atoms with van der Waals surface area (Å²) in [5.41, 5.74) is 3.21. The van der Waals surface area contributed by atoms with Crippen molar-refractivity contribution in [1.29, 1.82) is 0 Å². The number of benzene rings is 2. The number of hydrogen-bond acceptors (Lipinski definition) is 6. The Morgan fingerprint density at radius 2 is 1.80 bits per heavy atom. The molecule has 10 heteroatoms. The predicted molar refractivity (Wildman–Crippen MR) is 154 cm³/mol. The van der Waals surface area contributed by atoms with Crippen molar-refractivity contribution in [2.45, 2.75) is 12.5 Å². The molecule has 2 aliphatic heterocycles. The third kappa shape index (κ3) is 6.38. The number of carbonyl (C=O) groups is 2. The van der Waals surface area contributed by atoms with Crippen molar-refractivity contribution in [3.8, 4) is 5.75 Å². The van der Waals surface area contributed by atoms with Gasteiger partial charge in [0, 0.05) is 56.4 Å². The molecule has 1 fully saturated rings. The van der Waals surface area contributed by atoms with Gasteiger partial charge >= 0.3 is 0 Å². The number of nitrogens with zero attached hydrogens (tertiary/aromatic N) is 5. The summed E-state index contributed by atoms with van der Waals surface area (Å²) in [5, 5.41) is 6.96. The molecule has 0 unspecified atom stereocenters. The first-order valence-electron chi connectivity index (χ1n) is 13.4. The minimum absolute atomic E-state index is 0.0940. The summed E-state index contributed by atoms with van der Waals surface area (Å²) in [5.74, 6) is 0.212. The number of hydrogen-bond donors (Lipinski definition) is 0. The first-order valence-corrected chi connectivity index (χ1v) is 13.8. The average Bonchev–Trinajstić information content (AvgIpc) is 3.62. The smallest absolute Gasteiger partial charge is 0.262 e. The molecule has 40 heavy (non-hydrogen) atoms. The van der Waals surface area contributed by atoms with E-state index in [4.69, 9.17) is 26.2 Å². The zero-order valence-electron chi connectivity index (χ0n) is 22.8. The topological polar surface area (TPSA) is 79.6 Å². The van der Waals surface area contributed by atoms with Crippen molar-refractivity contribution in [2.24, 2.45) is 12.1 Å². The van der Waals surface area contributed by atoms with Gasteiger partial charge in [-0.05, 0) is 54.1 Å². The van der Waals surface area contributed by atoms with Gasteiger partial charge in [-0.15, -0.1) is 0 Å². The Bertz CT molecular complexity index is 1350. The number of aryl methyl sites for hydroxylation is 1. The maximum absolute atomic E-state index is 13.9. The molecule has 1 aromatic heterocycles. The fraction of sp³-hybridized carbons (Fsp3) is 0.367. The van der Waals surface area contributed by atoms with E-state index >= 15 is 0 Å². The zero-order chi connectivity index (χ0) is 28.1. The predicted octanol–water partition coefficient (Wildman–Crippen LogP) is 3.84. The van der Waals surface area contributed by atoms with Crippen LogP contribution < -0.4 is 4.74 Å². The van der Waals surface area contributed by atoms with Gasteiger partial charge in [-0.3, -0.25) is 14.5 Å². The molecule has 0 radical (unpaired) electrons. The van der Waals surface area contributed by atoms with Gasteiger partial charge in [-0.2, -0.15) is 5.10 Å². The molecule has 3 heterocycles. The molecule has 1 atom stereocenters. The fourth-order valence-corrected chi connectivity index (χ4v) is 5.22. The van der Waals surface area contributed by atoms with Crippen LogP contribution in [0.3, 0.4) is 0 Å². The molecule has 210 valence electrons. The molecule has 9 nitrogen and oxygen atoms in total.